The van der Waals surface area contributed by atoms with Crippen LogP contribution in [-0.4, -0.2) is 41.3 Å². The zero-order chi connectivity index (χ0) is 12.0. The maximum atomic E-state index is 11.3. The van der Waals surface area contributed by atoms with Gasteiger partial charge in [-0.2, -0.15) is 0 Å². The van der Waals surface area contributed by atoms with Crippen LogP contribution in [0.15, 0.2) is 12.3 Å². The largest absolute Gasteiger partial charge is 0.506 e. The highest BCUT2D eigenvalue weighted by molar-refractivity contribution is 5.92. The molecule has 6 nitrogen and oxygen atoms in total. The number of rotatable bonds is 5. The lowest BCUT2D eigenvalue weighted by atomic mass is 10.2. The molecule has 88 valence electrons. The summed E-state index contributed by atoms with van der Waals surface area (Å²) in [7, 11) is 1.51. The first-order valence-corrected chi connectivity index (χ1v) is 4.90. The van der Waals surface area contributed by atoms with Crippen molar-refractivity contribution in [1.29, 1.82) is 0 Å². The third-order valence-electron chi connectivity index (χ3n) is 2.03. The molecule has 0 fully saturated rings. The topological polar surface area (TPSA) is 94.5 Å². The second kappa shape index (κ2) is 6.04. The van der Waals surface area contributed by atoms with E-state index < -0.39 is 0 Å². The van der Waals surface area contributed by atoms with Gasteiger partial charge in [0.25, 0.3) is 5.91 Å². The average molecular weight is 225 g/mol. The highest BCUT2D eigenvalue weighted by Gasteiger charge is 2.08. The molecule has 0 saturated carbocycles. The maximum Gasteiger partial charge on any atom is 0.269 e. The number of aliphatic hydroxyl groups is 1. The van der Waals surface area contributed by atoms with E-state index in [1.54, 1.807) is 0 Å². The van der Waals surface area contributed by atoms with Crippen molar-refractivity contribution in [3.05, 3.63) is 23.5 Å². The summed E-state index contributed by atoms with van der Waals surface area (Å²) in [5.74, 6) is -0.276. The minimum Gasteiger partial charge on any atom is -0.506 e. The fourth-order valence-electron chi connectivity index (χ4n) is 1.19. The Hall–Kier alpha value is -1.66. The zero-order valence-corrected chi connectivity index (χ0v) is 9.03. The lowest BCUT2D eigenvalue weighted by Gasteiger charge is -2.07. The molecule has 16 heavy (non-hydrogen) atoms. The molecule has 0 bridgehead atoms. The Morgan fingerprint density at radius 2 is 2.31 bits per heavy atom. The van der Waals surface area contributed by atoms with Gasteiger partial charge < -0.3 is 20.8 Å². The molecule has 0 aliphatic rings. The predicted molar refractivity (Wildman–Crippen MR) is 58.1 cm³/mol. The van der Waals surface area contributed by atoms with Crippen LogP contribution in [0, 0.1) is 0 Å². The minimum atomic E-state index is -0.302. The van der Waals surface area contributed by atoms with Gasteiger partial charge in [-0.05, 0) is 6.07 Å². The number of nitrogens with one attached hydrogen (secondary N) is 2. The normalized spacial score (nSPS) is 10.1. The molecule has 1 amide bonds. The van der Waals surface area contributed by atoms with E-state index in [9.17, 15) is 9.90 Å². The molecule has 0 aliphatic carbocycles. The smallest absolute Gasteiger partial charge is 0.269 e. The Kier molecular flexibility index (Phi) is 4.68. The number of carbonyl (C=O) groups excluding carboxylic acids is 1. The lowest BCUT2D eigenvalue weighted by molar-refractivity contribution is 0.0958. The number of hydrogen-bond donors (Lipinski definition) is 4. The number of pyridine rings is 1. The molecule has 0 aromatic carbocycles. The highest BCUT2D eigenvalue weighted by Crippen LogP contribution is 2.15. The number of nitrogens with zero attached hydrogens (tertiary/aromatic N) is 1. The van der Waals surface area contributed by atoms with Crippen LogP contribution in [0.2, 0.25) is 0 Å². The van der Waals surface area contributed by atoms with Crippen LogP contribution in [0.4, 0.5) is 0 Å². The fraction of sp³-hybridized carbons (Fsp3) is 0.400. The summed E-state index contributed by atoms with van der Waals surface area (Å²) in [6.45, 7) is 0.824. The molecule has 1 aromatic rings. The maximum absolute atomic E-state index is 11.3. The number of aliphatic hydroxyl groups excluding tert-OH is 1. The first kappa shape index (κ1) is 12.4. The zero-order valence-electron chi connectivity index (χ0n) is 9.03. The van der Waals surface area contributed by atoms with Crippen molar-refractivity contribution in [2.75, 3.05) is 20.2 Å². The third-order valence-corrected chi connectivity index (χ3v) is 2.03. The molecule has 6 heteroatoms. The minimum absolute atomic E-state index is 0.0220. The number of carbonyl (C=O) groups is 1. The summed E-state index contributed by atoms with van der Waals surface area (Å²) < 4.78 is 0. The Bertz CT molecular complexity index is 368. The van der Waals surface area contributed by atoms with Crippen LogP contribution < -0.4 is 10.6 Å². The van der Waals surface area contributed by atoms with Gasteiger partial charge in [-0.3, -0.25) is 4.79 Å². The molecule has 0 radical (unpaired) electrons. The molecule has 0 spiro atoms. The Balaban J connectivity index is 2.78. The van der Waals surface area contributed by atoms with Gasteiger partial charge in [-0.15, -0.1) is 0 Å². The van der Waals surface area contributed by atoms with Crippen LogP contribution >= 0.6 is 0 Å². The number of hydrogen-bond acceptors (Lipinski definition) is 5. The van der Waals surface area contributed by atoms with Crippen molar-refractivity contribution in [3.8, 4) is 5.75 Å². The van der Waals surface area contributed by atoms with Gasteiger partial charge in [0.1, 0.15) is 11.4 Å². The van der Waals surface area contributed by atoms with Crippen LogP contribution in [-0.2, 0) is 6.54 Å². The first-order chi connectivity index (χ1) is 7.69. The number of aromatic nitrogens is 1. The van der Waals surface area contributed by atoms with Crippen LogP contribution in [0.25, 0.3) is 0 Å². The van der Waals surface area contributed by atoms with Gasteiger partial charge in [-0.25, -0.2) is 4.98 Å². The Morgan fingerprint density at radius 1 is 1.56 bits per heavy atom. The van der Waals surface area contributed by atoms with E-state index in [2.05, 4.69) is 15.6 Å². The second-order valence-electron chi connectivity index (χ2n) is 3.18. The summed E-state index contributed by atoms with van der Waals surface area (Å²) in [5, 5.41) is 23.4. The summed E-state index contributed by atoms with van der Waals surface area (Å²) >= 11 is 0. The standard InChI is InChI=1S/C10H15N3O3/c1-11-10(16)8-4-7(5-12-2-3-14)9(15)6-13-8/h4,6,12,14-15H,2-3,5H2,1H3,(H,11,16). The summed E-state index contributed by atoms with van der Waals surface area (Å²) in [5.41, 5.74) is 0.822. The van der Waals surface area contributed by atoms with Gasteiger partial charge in [0.15, 0.2) is 0 Å². The van der Waals surface area contributed by atoms with Crippen molar-refractivity contribution < 1.29 is 15.0 Å². The van der Waals surface area contributed by atoms with Gasteiger partial charge in [0.2, 0.25) is 0 Å². The molecule has 1 aromatic heterocycles. The van der Waals surface area contributed by atoms with Crippen LogP contribution in [0.1, 0.15) is 16.1 Å². The number of aromatic hydroxyl groups is 1. The van der Waals surface area contributed by atoms with Gasteiger partial charge >= 0.3 is 0 Å². The molecule has 1 heterocycles. The van der Waals surface area contributed by atoms with Gasteiger partial charge in [0.05, 0.1) is 12.8 Å². The molecule has 1 rings (SSSR count). The van der Waals surface area contributed by atoms with Crippen molar-refractivity contribution in [2.24, 2.45) is 0 Å². The lowest BCUT2D eigenvalue weighted by Crippen LogP contribution is -2.21. The van der Waals surface area contributed by atoms with E-state index in [1.807, 2.05) is 0 Å². The molecule has 0 saturated heterocycles. The highest BCUT2D eigenvalue weighted by atomic mass is 16.3. The molecule has 0 unspecified atom stereocenters. The van der Waals surface area contributed by atoms with E-state index in [1.165, 1.54) is 19.3 Å². The molecule has 0 atom stereocenters. The quantitative estimate of drug-likeness (QED) is 0.494. The second-order valence-corrected chi connectivity index (χ2v) is 3.18. The Labute approximate surface area is 93.3 Å². The molecular formula is C10H15N3O3. The van der Waals surface area contributed by atoms with Crippen LogP contribution in [0.5, 0.6) is 5.75 Å². The van der Waals surface area contributed by atoms with Crippen molar-refractivity contribution in [2.45, 2.75) is 6.54 Å². The van der Waals surface area contributed by atoms with Crippen LogP contribution in [0.3, 0.4) is 0 Å². The van der Waals surface area contributed by atoms with Gasteiger partial charge in [0, 0.05) is 25.7 Å². The molecule has 4 N–H and O–H groups in total. The van der Waals surface area contributed by atoms with Crippen molar-refractivity contribution >= 4 is 5.91 Å². The SMILES string of the molecule is CNC(=O)c1cc(CNCCO)c(O)cn1. The monoisotopic (exact) mass is 225 g/mol. The van der Waals surface area contributed by atoms with Crippen molar-refractivity contribution in [3.63, 3.8) is 0 Å². The summed E-state index contributed by atoms with van der Waals surface area (Å²) in [4.78, 5) is 15.1. The average Bonchev–Trinajstić information content (AvgIpc) is 2.31. The van der Waals surface area contributed by atoms with E-state index >= 15 is 0 Å². The van der Waals surface area contributed by atoms with E-state index in [4.69, 9.17) is 5.11 Å². The summed E-state index contributed by atoms with van der Waals surface area (Å²) in [6.07, 6.45) is 1.24. The fourth-order valence-corrected chi connectivity index (χ4v) is 1.19. The predicted octanol–water partition coefficient (Wildman–Crippen LogP) is -0.771. The number of amides is 1. The van der Waals surface area contributed by atoms with E-state index in [-0.39, 0.29) is 24.0 Å². The first-order valence-electron chi connectivity index (χ1n) is 4.90. The molecular weight excluding hydrogens is 210 g/mol. The van der Waals surface area contributed by atoms with Gasteiger partial charge in [-0.1, -0.05) is 0 Å². The van der Waals surface area contributed by atoms with E-state index in [0.717, 1.165) is 0 Å². The Morgan fingerprint density at radius 3 is 2.94 bits per heavy atom. The summed E-state index contributed by atoms with van der Waals surface area (Å²) in [6, 6.07) is 1.51. The van der Waals surface area contributed by atoms with E-state index in [0.29, 0.717) is 18.7 Å². The van der Waals surface area contributed by atoms with Crippen molar-refractivity contribution in [1.82, 2.24) is 15.6 Å². The molecule has 0 aliphatic heterocycles. The third kappa shape index (κ3) is 3.18.